The van der Waals surface area contributed by atoms with Crippen LogP contribution in [0.5, 0.6) is 0 Å². The van der Waals surface area contributed by atoms with Crippen LogP contribution in [0.15, 0.2) is 48.7 Å². The average molecular weight is 263 g/mol. The summed E-state index contributed by atoms with van der Waals surface area (Å²) in [4.78, 5) is 4.32. The normalized spacial score (nSPS) is 10.7. The standard InChI is InChI=1S/C17H17N3/c1-11-4-3-5-13(8-11)20-17-7-6-16(18)15-10-19-12(2)9-14(15)17/h3-10,20H,18H2,1-2H3. The fraction of sp³-hybridized carbons (Fsp3) is 0.118. The van der Waals surface area contributed by atoms with E-state index in [-0.39, 0.29) is 0 Å². The van der Waals surface area contributed by atoms with E-state index in [1.165, 1.54) is 5.56 Å². The summed E-state index contributed by atoms with van der Waals surface area (Å²) in [5.41, 5.74) is 11.1. The summed E-state index contributed by atoms with van der Waals surface area (Å²) in [6.45, 7) is 4.07. The van der Waals surface area contributed by atoms with Crippen molar-refractivity contribution >= 4 is 27.8 Å². The predicted octanol–water partition coefficient (Wildman–Crippen LogP) is 4.18. The fourth-order valence-electron chi connectivity index (χ4n) is 2.35. The molecule has 0 spiro atoms. The van der Waals surface area contributed by atoms with E-state index >= 15 is 0 Å². The Morgan fingerprint density at radius 1 is 1.00 bits per heavy atom. The monoisotopic (exact) mass is 263 g/mol. The Labute approximate surface area is 118 Å². The van der Waals surface area contributed by atoms with E-state index < -0.39 is 0 Å². The van der Waals surface area contributed by atoms with Gasteiger partial charge in [0.1, 0.15) is 0 Å². The molecule has 0 aliphatic heterocycles. The van der Waals surface area contributed by atoms with Gasteiger partial charge in [-0.05, 0) is 49.7 Å². The van der Waals surface area contributed by atoms with Crippen LogP contribution in [-0.2, 0) is 0 Å². The number of nitrogens with two attached hydrogens (primary N) is 1. The van der Waals surface area contributed by atoms with Gasteiger partial charge in [-0.3, -0.25) is 4.98 Å². The molecular weight excluding hydrogens is 246 g/mol. The molecule has 0 saturated carbocycles. The van der Waals surface area contributed by atoms with Crippen molar-refractivity contribution in [3.05, 3.63) is 59.9 Å². The van der Waals surface area contributed by atoms with Crippen LogP contribution in [0.1, 0.15) is 11.3 Å². The lowest BCUT2D eigenvalue weighted by Crippen LogP contribution is -1.96. The van der Waals surface area contributed by atoms with Crippen LogP contribution >= 0.6 is 0 Å². The first kappa shape index (κ1) is 12.5. The maximum absolute atomic E-state index is 6.02. The van der Waals surface area contributed by atoms with Crippen molar-refractivity contribution in [2.24, 2.45) is 0 Å². The van der Waals surface area contributed by atoms with E-state index in [0.29, 0.717) is 0 Å². The van der Waals surface area contributed by atoms with Gasteiger partial charge in [-0.1, -0.05) is 12.1 Å². The topological polar surface area (TPSA) is 50.9 Å². The number of nitrogen functional groups attached to an aromatic ring is 1. The van der Waals surface area contributed by atoms with Crippen LogP contribution in [0.25, 0.3) is 10.8 Å². The lowest BCUT2D eigenvalue weighted by molar-refractivity contribution is 1.22. The quantitative estimate of drug-likeness (QED) is 0.682. The number of pyridine rings is 1. The average Bonchev–Trinajstić information content (AvgIpc) is 2.42. The zero-order valence-electron chi connectivity index (χ0n) is 11.6. The molecule has 2 aromatic carbocycles. The van der Waals surface area contributed by atoms with Crippen LogP contribution in [0.4, 0.5) is 17.1 Å². The maximum atomic E-state index is 6.02. The van der Waals surface area contributed by atoms with Gasteiger partial charge in [0.05, 0.1) is 0 Å². The Hall–Kier alpha value is -2.55. The first-order chi connectivity index (χ1) is 9.63. The van der Waals surface area contributed by atoms with E-state index in [1.807, 2.05) is 31.3 Å². The molecular formula is C17H17N3. The highest BCUT2D eigenvalue weighted by molar-refractivity contribution is 6.01. The highest BCUT2D eigenvalue weighted by Crippen LogP contribution is 2.30. The Kier molecular flexibility index (Phi) is 3.03. The molecule has 1 aromatic heterocycles. The van der Waals surface area contributed by atoms with Crippen LogP contribution < -0.4 is 11.1 Å². The second-order valence-electron chi connectivity index (χ2n) is 5.07. The molecule has 0 bridgehead atoms. The highest BCUT2D eigenvalue weighted by Gasteiger charge is 2.05. The predicted molar refractivity (Wildman–Crippen MR) is 85.4 cm³/mol. The molecule has 3 heteroatoms. The van der Waals surface area contributed by atoms with E-state index in [0.717, 1.165) is 33.5 Å². The number of nitrogens with one attached hydrogen (secondary N) is 1. The van der Waals surface area contributed by atoms with E-state index in [4.69, 9.17) is 5.73 Å². The minimum absolute atomic E-state index is 0.752. The molecule has 0 radical (unpaired) electrons. The Bertz CT molecular complexity index is 778. The smallest absolute Gasteiger partial charge is 0.0466 e. The number of nitrogens with zero attached hydrogens (tertiary/aromatic N) is 1. The molecule has 3 aromatic rings. The minimum Gasteiger partial charge on any atom is -0.398 e. The Morgan fingerprint density at radius 2 is 1.85 bits per heavy atom. The number of benzene rings is 2. The summed E-state index contributed by atoms with van der Waals surface area (Å²) in [5, 5.41) is 5.54. The molecule has 1 heterocycles. The number of aryl methyl sites for hydroxylation is 2. The number of rotatable bonds is 2. The fourth-order valence-corrected chi connectivity index (χ4v) is 2.35. The summed E-state index contributed by atoms with van der Waals surface area (Å²) >= 11 is 0. The molecule has 0 amide bonds. The van der Waals surface area contributed by atoms with Crippen LogP contribution in [0.3, 0.4) is 0 Å². The van der Waals surface area contributed by atoms with Gasteiger partial charge in [-0.2, -0.15) is 0 Å². The molecule has 3 rings (SSSR count). The lowest BCUT2D eigenvalue weighted by atomic mass is 10.1. The molecule has 0 aliphatic carbocycles. The van der Waals surface area contributed by atoms with Crippen molar-refractivity contribution in [3.63, 3.8) is 0 Å². The number of hydrogen-bond acceptors (Lipinski definition) is 3. The van der Waals surface area contributed by atoms with Gasteiger partial charge in [-0.15, -0.1) is 0 Å². The first-order valence-electron chi connectivity index (χ1n) is 6.62. The van der Waals surface area contributed by atoms with Gasteiger partial charge in [0.15, 0.2) is 0 Å². The molecule has 0 unspecified atom stereocenters. The molecule has 0 atom stereocenters. The summed E-state index contributed by atoms with van der Waals surface area (Å²) in [7, 11) is 0. The third kappa shape index (κ3) is 2.30. The largest absolute Gasteiger partial charge is 0.398 e. The first-order valence-corrected chi connectivity index (χ1v) is 6.62. The van der Waals surface area contributed by atoms with Crippen LogP contribution in [-0.4, -0.2) is 4.98 Å². The zero-order valence-corrected chi connectivity index (χ0v) is 11.6. The number of anilines is 3. The van der Waals surface area contributed by atoms with E-state index in [1.54, 1.807) is 0 Å². The van der Waals surface area contributed by atoms with Crippen LogP contribution in [0.2, 0.25) is 0 Å². The molecule has 0 aliphatic rings. The third-order valence-electron chi connectivity index (χ3n) is 3.37. The molecule has 100 valence electrons. The summed E-state index contributed by atoms with van der Waals surface area (Å²) in [5.74, 6) is 0. The molecule has 3 N–H and O–H groups in total. The number of aromatic nitrogens is 1. The number of hydrogen-bond donors (Lipinski definition) is 2. The van der Waals surface area contributed by atoms with Crippen molar-refractivity contribution in [2.75, 3.05) is 11.1 Å². The van der Waals surface area contributed by atoms with Crippen molar-refractivity contribution in [1.29, 1.82) is 0 Å². The number of fused-ring (bicyclic) bond motifs is 1. The summed E-state index contributed by atoms with van der Waals surface area (Å²) < 4.78 is 0. The lowest BCUT2D eigenvalue weighted by Gasteiger charge is -2.12. The van der Waals surface area contributed by atoms with Crippen molar-refractivity contribution < 1.29 is 0 Å². The highest BCUT2D eigenvalue weighted by atomic mass is 14.9. The van der Waals surface area contributed by atoms with Crippen molar-refractivity contribution in [2.45, 2.75) is 13.8 Å². The van der Waals surface area contributed by atoms with Crippen molar-refractivity contribution in [3.8, 4) is 0 Å². The molecule has 0 saturated heterocycles. The summed E-state index contributed by atoms with van der Waals surface area (Å²) in [6, 6.07) is 14.3. The third-order valence-corrected chi connectivity index (χ3v) is 3.37. The minimum atomic E-state index is 0.752. The van der Waals surface area contributed by atoms with E-state index in [9.17, 15) is 0 Å². The van der Waals surface area contributed by atoms with E-state index in [2.05, 4.69) is 41.5 Å². The van der Waals surface area contributed by atoms with Gasteiger partial charge in [0.2, 0.25) is 0 Å². The maximum Gasteiger partial charge on any atom is 0.0466 e. The molecule has 3 nitrogen and oxygen atoms in total. The second kappa shape index (κ2) is 4.85. The van der Waals surface area contributed by atoms with Gasteiger partial charge < -0.3 is 11.1 Å². The molecule has 0 fully saturated rings. The Morgan fingerprint density at radius 3 is 2.65 bits per heavy atom. The Balaban J connectivity index is 2.12. The van der Waals surface area contributed by atoms with Gasteiger partial charge in [-0.25, -0.2) is 0 Å². The van der Waals surface area contributed by atoms with Crippen molar-refractivity contribution in [1.82, 2.24) is 4.98 Å². The van der Waals surface area contributed by atoms with Gasteiger partial charge in [0, 0.05) is 39.7 Å². The molecule has 20 heavy (non-hydrogen) atoms. The van der Waals surface area contributed by atoms with Gasteiger partial charge in [0.25, 0.3) is 0 Å². The SMILES string of the molecule is Cc1cccc(Nc2ccc(N)c3cnc(C)cc23)c1. The van der Waals surface area contributed by atoms with Crippen LogP contribution in [0, 0.1) is 13.8 Å². The second-order valence-corrected chi connectivity index (χ2v) is 5.07. The zero-order chi connectivity index (χ0) is 14.1. The van der Waals surface area contributed by atoms with Gasteiger partial charge >= 0.3 is 0 Å². The summed E-state index contributed by atoms with van der Waals surface area (Å²) in [6.07, 6.45) is 1.83.